The Morgan fingerprint density at radius 2 is 1.88 bits per heavy atom. The first-order valence-electron chi connectivity index (χ1n) is 7.39. The summed E-state index contributed by atoms with van der Waals surface area (Å²) in [6.07, 6.45) is 0.204. The standard InChI is InChI=1S/C16H16N2O7S/c1-25-12-5-8-14(15(10-12)18(21)22)17-26(23,24)13-6-2-11(3-7-13)4-9-16(19)20/h2-3,5-8,10,17H,4,9H2,1H3,(H,19,20). The molecule has 2 N–H and O–H groups in total. The van der Waals surface area contributed by atoms with Crippen LogP contribution in [-0.2, 0) is 21.2 Å². The van der Waals surface area contributed by atoms with E-state index in [0.29, 0.717) is 5.56 Å². The van der Waals surface area contributed by atoms with Gasteiger partial charge in [-0.25, -0.2) is 8.42 Å². The van der Waals surface area contributed by atoms with Crippen LogP contribution in [0.5, 0.6) is 5.75 Å². The molecule has 0 atom stereocenters. The number of carboxylic acids is 1. The van der Waals surface area contributed by atoms with Gasteiger partial charge in [-0.1, -0.05) is 12.1 Å². The van der Waals surface area contributed by atoms with Gasteiger partial charge >= 0.3 is 5.97 Å². The molecule has 0 fully saturated rings. The molecule has 2 aromatic rings. The molecule has 0 aromatic heterocycles. The number of nitro benzene ring substituents is 1. The number of benzene rings is 2. The van der Waals surface area contributed by atoms with Gasteiger partial charge in [0.2, 0.25) is 0 Å². The number of sulfonamides is 1. The minimum atomic E-state index is -4.05. The summed E-state index contributed by atoms with van der Waals surface area (Å²) in [6, 6.07) is 9.39. The van der Waals surface area contributed by atoms with Crippen molar-refractivity contribution in [3.63, 3.8) is 0 Å². The van der Waals surface area contributed by atoms with Crippen LogP contribution in [-0.4, -0.2) is 31.5 Å². The lowest BCUT2D eigenvalue weighted by molar-refractivity contribution is -0.384. The number of ether oxygens (including phenoxy) is 1. The van der Waals surface area contributed by atoms with Gasteiger partial charge in [0.1, 0.15) is 11.4 Å². The molecular formula is C16H16N2O7S. The first-order chi connectivity index (χ1) is 12.2. The summed E-state index contributed by atoms with van der Waals surface area (Å²) >= 11 is 0. The van der Waals surface area contributed by atoms with Crippen molar-refractivity contribution >= 4 is 27.4 Å². The second kappa shape index (κ2) is 7.83. The van der Waals surface area contributed by atoms with E-state index in [-0.39, 0.29) is 29.2 Å². The summed E-state index contributed by atoms with van der Waals surface area (Å²) in [5.74, 6) is -0.724. The van der Waals surface area contributed by atoms with Crippen LogP contribution in [0.4, 0.5) is 11.4 Å². The Bertz CT molecular complexity index is 924. The fraction of sp³-hybridized carbons (Fsp3) is 0.188. The quantitative estimate of drug-likeness (QED) is 0.530. The van der Waals surface area contributed by atoms with Crippen molar-refractivity contribution in [2.45, 2.75) is 17.7 Å². The lowest BCUT2D eigenvalue weighted by Crippen LogP contribution is -2.14. The van der Waals surface area contributed by atoms with Crippen molar-refractivity contribution in [3.05, 3.63) is 58.1 Å². The van der Waals surface area contributed by atoms with E-state index in [9.17, 15) is 23.3 Å². The van der Waals surface area contributed by atoms with Crippen LogP contribution in [0.1, 0.15) is 12.0 Å². The van der Waals surface area contributed by atoms with Crippen LogP contribution >= 0.6 is 0 Å². The van der Waals surface area contributed by atoms with Gasteiger partial charge in [0.15, 0.2) is 0 Å². The Labute approximate surface area is 149 Å². The second-order valence-corrected chi connectivity index (χ2v) is 6.97. The van der Waals surface area contributed by atoms with E-state index >= 15 is 0 Å². The molecule has 0 radical (unpaired) electrons. The molecule has 0 aliphatic carbocycles. The summed E-state index contributed by atoms with van der Waals surface area (Å²) in [6.45, 7) is 0. The van der Waals surface area contributed by atoms with Gasteiger partial charge < -0.3 is 9.84 Å². The van der Waals surface area contributed by atoms with Gasteiger partial charge in [0.25, 0.3) is 15.7 Å². The van der Waals surface area contributed by atoms with Gasteiger partial charge in [-0.2, -0.15) is 0 Å². The number of aliphatic carboxylic acids is 1. The third-order valence-electron chi connectivity index (χ3n) is 3.51. The van der Waals surface area contributed by atoms with E-state index in [1.54, 1.807) is 0 Å². The number of methoxy groups -OCH3 is 1. The predicted octanol–water partition coefficient (Wildman–Crippen LogP) is 2.42. The molecule has 0 amide bonds. The molecule has 2 rings (SSSR count). The fourth-order valence-electron chi connectivity index (χ4n) is 2.17. The van der Waals surface area contributed by atoms with Crippen molar-refractivity contribution < 1.29 is 28.0 Å². The fourth-order valence-corrected chi connectivity index (χ4v) is 3.24. The topological polar surface area (TPSA) is 136 Å². The first-order valence-corrected chi connectivity index (χ1v) is 8.87. The van der Waals surface area contributed by atoms with Crippen LogP contribution in [0.2, 0.25) is 0 Å². The predicted molar refractivity (Wildman–Crippen MR) is 92.9 cm³/mol. The summed E-state index contributed by atoms with van der Waals surface area (Å²) in [7, 11) is -2.71. The number of rotatable bonds is 8. The summed E-state index contributed by atoms with van der Waals surface area (Å²) in [5, 5.41) is 19.8. The number of nitrogens with one attached hydrogen (secondary N) is 1. The van der Waals surface area contributed by atoms with Gasteiger partial charge in [0.05, 0.1) is 23.0 Å². The zero-order chi connectivity index (χ0) is 19.3. The van der Waals surface area contributed by atoms with Crippen LogP contribution in [0, 0.1) is 10.1 Å². The van der Waals surface area contributed by atoms with Crippen LogP contribution in [0.25, 0.3) is 0 Å². The monoisotopic (exact) mass is 380 g/mol. The Balaban J connectivity index is 2.26. The molecule has 0 heterocycles. The van der Waals surface area contributed by atoms with Crippen molar-refractivity contribution in [2.75, 3.05) is 11.8 Å². The summed E-state index contributed by atoms with van der Waals surface area (Å²) in [4.78, 5) is 20.9. The average Bonchev–Trinajstić information content (AvgIpc) is 2.60. The Hall–Kier alpha value is -3.14. The van der Waals surface area contributed by atoms with Crippen molar-refractivity contribution in [1.29, 1.82) is 0 Å². The normalized spacial score (nSPS) is 11.0. The number of carbonyl (C=O) groups is 1. The van der Waals surface area contributed by atoms with Crippen LogP contribution in [0.3, 0.4) is 0 Å². The molecule has 0 bridgehead atoms. The highest BCUT2D eigenvalue weighted by Crippen LogP contribution is 2.30. The molecule has 26 heavy (non-hydrogen) atoms. The van der Waals surface area contributed by atoms with Gasteiger partial charge in [-0.05, 0) is 36.2 Å². The minimum Gasteiger partial charge on any atom is -0.496 e. The molecule has 10 heteroatoms. The van der Waals surface area contributed by atoms with Gasteiger partial charge in [-0.3, -0.25) is 19.6 Å². The number of hydrogen-bond donors (Lipinski definition) is 2. The maximum absolute atomic E-state index is 12.4. The van der Waals surface area contributed by atoms with Gasteiger partial charge in [0, 0.05) is 6.42 Å². The molecule has 138 valence electrons. The smallest absolute Gasteiger partial charge is 0.303 e. The second-order valence-electron chi connectivity index (χ2n) is 5.28. The van der Waals surface area contributed by atoms with E-state index in [1.807, 2.05) is 0 Å². The molecule has 0 unspecified atom stereocenters. The summed E-state index contributed by atoms with van der Waals surface area (Å²) in [5.41, 5.74) is 0.0403. The zero-order valence-electron chi connectivity index (χ0n) is 13.7. The number of hydrogen-bond acceptors (Lipinski definition) is 6. The van der Waals surface area contributed by atoms with Crippen LogP contribution < -0.4 is 9.46 Å². The maximum Gasteiger partial charge on any atom is 0.303 e. The minimum absolute atomic E-state index is 0.0671. The summed E-state index contributed by atoms with van der Waals surface area (Å²) < 4.78 is 32.0. The van der Waals surface area contributed by atoms with E-state index < -0.39 is 26.6 Å². The molecular weight excluding hydrogens is 364 g/mol. The number of anilines is 1. The molecule has 0 aliphatic heterocycles. The van der Waals surface area contributed by atoms with E-state index in [1.165, 1.54) is 43.5 Å². The third-order valence-corrected chi connectivity index (χ3v) is 4.89. The van der Waals surface area contributed by atoms with Crippen molar-refractivity contribution in [3.8, 4) is 5.75 Å². The number of aryl methyl sites for hydroxylation is 1. The largest absolute Gasteiger partial charge is 0.496 e. The molecule has 0 aliphatic rings. The molecule has 0 spiro atoms. The van der Waals surface area contributed by atoms with Crippen molar-refractivity contribution in [1.82, 2.24) is 0 Å². The van der Waals surface area contributed by atoms with E-state index in [0.717, 1.165) is 6.07 Å². The molecule has 0 saturated heterocycles. The number of nitro groups is 1. The van der Waals surface area contributed by atoms with Crippen molar-refractivity contribution in [2.24, 2.45) is 0 Å². The number of nitrogens with zero attached hydrogens (tertiary/aromatic N) is 1. The highest BCUT2D eigenvalue weighted by Gasteiger charge is 2.21. The van der Waals surface area contributed by atoms with Gasteiger partial charge in [-0.15, -0.1) is 0 Å². The Kier molecular flexibility index (Phi) is 5.78. The Morgan fingerprint density at radius 3 is 2.42 bits per heavy atom. The van der Waals surface area contributed by atoms with Crippen LogP contribution in [0.15, 0.2) is 47.4 Å². The molecule has 9 nitrogen and oxygen atoms in total. The molecule has 0 saturated carbocycles. The first kappa shape index (κ1) is 19.2. The van der Waals surface area contributed by atoms with E-state index in [4.69, 9.17) is 9.84 Å². The van der Waals surface area contributed by atoms with E-state index in [2.05, 4.69) is 4.72 Å². The lowest BCUT2D eigenvalue weighted by atomic mass is 10.1. The lowest BCUT2D eigenvalue weighted by Gasteiger charge is -2.10. The Morgan fingerprint density at radius 1 is 1.23 bits per heavy atom. The third kappa shape index (κ3) is 4.70. The SMILES string of the molecule is COc1ccc(NS(=O)(=O)c2ccc(CCC(=O)O)cc2)c([N+](=O)[O-])c1. The highest BCUT2D eigenvalue weighted by molar-refractivity contribution is 7.92. The number of carboxylic acid groups (broad SMARTS) is 1. The maximum atomic E-state index is 12.4. The molecule has 2 aromatic carbocycles. The zero-order valence-corrected chi connectivity index (χ0v) is 14.5. The highest BCUT2D eigenvalue weighted by atomic mass is 32.2. The average molecular weight is 380 g/mol.